The summed E-state index contributed by atoms with van der Waals surface area (Å²) in [4.78, 5) is 24.3. The highest BCUT2D eigenvalue weighted by Crippen LogP contribution is 2.19. The molecule has 0 N–H and O–H groups in total. The molecule has 1 aliphatic rings. The molecule has 0 saturated carbocycles. The van der Waals surface area contributed by atoms with Gasteiger partial charge in [0.15, 0.2) is 17.7 Å². The zero-order valence-corrected chi connectivity index (χ0v) is 11.2. The summed E-state index contributed by atoms with van der Waals surface area (Å²) in [6.07, 6.45) is -0.237. The van der Waals surface area contributed by atoms with Crippen LogP contribution < -0.4 is 4.74 Å². The Morgan fingerprint density at radius 1 is 1.45 bits per heavy atom. The van der Waals surface area contributed by atoms with Gasteiger partial charge in [-0.25, -0.2) is 4.39 Å². The highest BCUT2D eigenvalue weighted by molar-refractivity contribution is 5.81. The Morgan fingerprint density at radius 3 is 2.75 bits per heavy atom. The lowest BCUT2D eigenvalue weighted by molar-refractivity contribution is -0.142. The number of rotatable bonds is 4. The third-order valence-corrected chi connectivity index (χ3v) is 3.07. The summed E-state index contributed by atoms with van der Waals surface area (Å²) in [5.74, 6) is -0.895. The zero-order valence-electron chi connectivity index (χ0n) is 11.2. The van der Waals surface area contributed by atoms with E-state index in [1.54, 1.807) is 11.8 Å². The molecule has 1 aliphatic heterocycles. The molecule has 5 nitrogen and oxygen atoms in total. The summed E-state index contributed by atoms with van der Waals surface area (Å²) in [5.41, 5.74) is 0.224. The topological polar surface area (TPSA) is 55.8 Å². The summed E-state index contributed by atoms with van der Waals surface area (Å²) >= 11 is 0. The van der Waals surface area contributed by atoms with Gasteiger partial charge in [-0.15, -0.1) is 0 Å². The van der Waals surface area contributed by atoms with Crippen LogP contribution >= 0.6 is 0 Å². The van der Waals surface area contributed by atoms with Crippen LogP contribution in [-0.4, -0.2) is 49.5 Å². The first-order chi connectivity index (χ1) is 9.61. The molecule has 1 unspecified atom stereocenters. The third-order valence-electron chi connectivity index (χ3n) is 3.07. The lowest BCUT2D eigenvalue weighted by atomic mass is 10.2. The molecular weight excluding hydrogens is 265 g/mol. The van der Waals surface area contributed by atoms with E-state index in [4.69, 9.17) is 9.47 Å². The molecule has 1 atom stereocenters. The van der Waals surface area contributed by atoms with E-state index in [0.717, 1.165) is 6.07 Å². The minimum atomic E-state index is -0.787. The van der Waals surface area contributed by atoms with Crippen LogP contribution in [0.25, 0.3) is 0 Å². The van der Waals surface area contributed by atoms with Crippen molar-refractivity contribution in [2.24, 2.45) is 0 Å². The predicted octanol–water partition coefficient (Wildman–Crippen LogP) is 1.26. The van der Waals surface area contributed by atoms with Gasteiger partial charge in [0.1, 0.15) is 6.29 Å². The molecule has 0 bridgehead atoms. The number of nitrogens with zero attached hydrogens (tertiary/aromatic N) is 1. The van der Waals surface area contributed by atoms with Crippen molar-refractivity contribution in [2.75, 3.05) is 26.3 Å². The standard InChI is InChI=1S/C14H16FNO4/c1-10(14(18)16-4-6-19-7-5-16)20-13-3-2-11(9-17)8-12(13)15/h2-3,8-10H,4-7H2,1H3. The van der Waals surface area contributed by atoms with Crippen LogP contribution in [0.2, 0.25) is 0 Å². The van der Waals surface area contributed by atoms with E-state index < -0.39 is 11.9 Å². The number of carbonyl (C=O) groups excluding carboxylic acids is 2. The first kappa shape index (κ1) is 14.5. The molecule has 20 heavy (non-hydrogen) atoms. The lowest BCUT2D eigenvalue weighted by Gasteiger charge is -2.29. The van der Waals surface area contributed by atoms with Crippen molar-refractivity contribution >= 4 is 12.2 Å². The minimum Gasteiger partial charge on any atom is -0.478 e. The van der Waals surface area contributed by atoms with Crippen LogP contribution in [0.4, 0.5) is 4.39 Å². The van der Waals surface area contributed by atoms with E-state index >= 15 is 0 Å². The van der Waals surface area contributed by atoms with Crippen molar-refractivity contribution in [3.63, 3.8) is 0 Å². The van der Waals surface area contributed by atoms with Crippen molar-refractivity contribution in [1.29, 1.82) is 0 Å². The second kappa shape index (κ2) is 6.47. The van der Waals surface area contributed by atoms with Crippen LogP contribution in [0, 0.1) is 5.82 Å². The van der Waals surface area contributed by atoms with E-state index in [2.05, 4.69) is 0 Å². The van der Waals surface area contributed by atoms with Crippen molar-refractivity contribution < 1.29 is 23.5 Å². The van der Waals surface area contributed by atoms with Gasteiger partial charge in [0, 0.05) is 18.7 Å². The molecule has 1 saturated heterocycles. The maximum Gasteiger partial charge on any atom is 0.263 e. The third kappa shape index (κ3) is 3.33. The monoisotopic (exact) mass is 281 g/mol. The number of hydrogen-bond acceptors (Lipinski definition) is 4. The van der Waals surface area contributed by atoms with Crippen molar-refractivity contribution in [3.8, 4) is 5.75 Å². The Hall–Kier alpha value is -1.95. The van der Waals surface area contributed by atoms with Gasteiger partial charge in [-0.1, -0.05) is 0 Å². The Kier molecular flexibility index (Phi) is 4.68. The smallest absolute Gasteiger partial charge is 0.263 e. The van der Waals surface area contributed by atoms with Crippen molar-refractivity contribution in [3.05, 3.63) is 29.6 Å². The van der Waals surface area contributed by atoms with Gasteiger partial charge in [0.2, 0.25) is 0 Å². The Bertz CT molecular complexity index is 500. The summed E-state index contributed by atoms with van der Waals surface area (Å²) in [6, 6.07) is 3.87. The Morgan fingerprint density at radius 2 is 2.15 bits per heavy atom. The fourth-order valence-electron chi connectivity index (χ4n) is 1.97. The molecule has 1 aromatic rings. The number of benzene rings is 1. The maximum atomic E-state index is 13.7. The minimum absolute atomic E-state index is 0.0373. The number of amides is 1. The van der Waals surface area contributed by atoms with E-state index in [-0.39, 0.29) is 17.2 Å². The van der Waals surface area contributed by atoms with Crippen LogP contribution in [-0.2, 0) is 9.53 Å². The van der Waals surface area contributed by atoms with E-state index in [0.29, 0.717) is 32.6 Å². The van der Waals surface area contributed by atoms with E-state index in [9.17, 15) is 14.0 Å². The van der Waals surface area contributed by atoms with Crippen LogP contribution in [0.1, 0.15) is 17.3 Å². The average molecular weight is 281 g/mol. The SMILES string of the molecule is CC(Oc1ccc(C=O)cc1F)C(=O)N1CCOCC1. The van der Waals surface area contributed by atoms with E-state index in [1.165, 1.54) is 12.1 Å². The number of hydrogen-bond donors (Lipinski definition) is 0. The number of aldehydes is 1. The molecule has 108 valence electrons. The number of carbonyl (C=O) groups is 2. The van der Waals surface area contributed by atoms with Crippen LogP contribution in [0.15, 0.2) is 18.2 Å². The Balaban J connectivity index is 2.01. The van der Waals surface area contributed by atoms with Crippen molar-refractivity contribution in [1.82, 2.24) is 4.90 Å². The molecule has 2 rings (SSSR count). The molecule has 0 aliphatic carbocycles. The summed E-state index contributed by atoms with van der Waals surface area (Å²) in [5, 5.41) is 0. The molecule has 0 aromatic heterocycles. The lowest BCUT2D eigenvalue weighted by Crippen LogP contribution is -2.46. The van der Waals surface area contributed by atoms with Gasteiger partial charge in [-0.05, 0) is 25.1 Å². The van der Waals surface area contributed by atoms with Gasteiger partial charge in [0.25, 0.3) is 5.91 Å². The Labute approximate surface area is 116 Å². The quantitative estimate of drug-likeness (QED) is 0.780. The van der Waals surface area contributed by atoms with Gasteiger partial charge in [0.05, 0.1) is 13.2 Å². The zero-order chi connectivity index (χ0) is 14.5. The second-order valence-electron chi connectivity index (χ2n) is 4.51. The number of morpholine rings is 1. The number of ether oxygens (including phenoxy) is 2. The molecule has 0 spiro atoms. The highest BCUT2D eigenvalue weighted by Gasteiger charge is 2.24. The normalized spacial score (nSPS) is 16.6. The summed E-state index contributed by atoms with van der Waals surface area (Å²) < 4.78 is 24.2. The largest absolute Gasteiger partial charge is 0.478 e. The molecule has 1 heterocycles. The summed E-state index contributed by atoms with van der Waals surface area (Å²) in [7, 11) is 0. The fraction of sp³-hybridized carbons (Fsp3) is 0.429. The highest BCUT2D eigenvalue weighted by atomic mass is 19.1. The predicted molar refractivity (Wildman–Crippen MR) is 69.3 cm³/mol. The molecule has 1 fully saturated rings. The maximum absolute atomic E-state index is 13.7. The molecule has 1 aromatic carbocycles. The molecule has 6 heteroatoms. The second-order valence-corrected chi connectivity index (χ2v) is 4.51. The molecular formula is C14H16FNO4. The average Bonchev–Trinajstić information content (AvgIpc) is 2.49. The van der Waals surface area contributed by atoms with Crippen molar-refractivity contribution in [2.45, 2.75) is 13.0 Å². The fourth-order valence-corrected chi connectivity index (χ4v) is 1.97. The summed E-state index contributed by atoms with van der Waals surface area (Å²) in [6.45, 7) is 3.60. The first-order valence-corrected chi connectivity index (χ1v) is 6.39. The van der Waals surface area contributed by atoms with Gasteiger partial charge < -0.3 is 14.4 Å². The van der Waals surface area contributed by atoms with E-state index in [1.807, 2.05) is 0 Å². The first-order valence-electron chi connectivity index (χ1n) is 6.39. The van der Waals surface area contributed by atoms with Crippen LogP contribution in [0.5, 0.6) is 5.75 Å². The molecule has 1 amide bonds. The number of halogens is 1. The van der Waals surface area contributed by atoms with Gasteiger partial charge in [-0.3, -0.25) is 9.59 Å². The van der Waals surface area contributed by atoms with Crippen LogP contribution in [0.3, 0.4) is 0 Å². The van der Waals surface area contributed by atoms with Gasteiger partial charge in [-0.2, -0.15) is 0 Å². The molecule has 0 radical (unpaired) electrons. The van der Waals surface area contributed by atoms with Gasteiger partial charge >= 0.3 is 0 Å².